The second-order valence-corrected chi connectivity index (χ2v) is 4.92. The molecule has 0 radical (unpaired) electrons. The standard InChI is InChI=1S/C16H17NO4/c1-3-17(4-2)10-5-6-11-12(9-10)14(19)16-15(13(11)18)20-7-8-21-16/h5-6,9H,3-4,7-8H2,1-2H3. The number of ketones is 2. The van der Waals surface area contributed by atoms with Gasteiger partial charge in [-0.25, -0.2) is 0 Å². The smallest absolute Gasteiger partial charge is 0.232 e. The molecular weight excluding hydrogens is 270 g/mol. The maximum Gasteiger partial charge on any atom is 0.232 e. The molecule has 5 nitrogen and oxygen atoms in total. The Morgan fingerprint density at radius 3 is 2.10 bits per heavy atom. The molecule has 0 atom stereocenters. The summed E-state index contributed by atoms with van der Waals surface area (Å²) in [4.78, 5) is 27.0. The number of carbonyl (C=O) groups is 2. The first-order valence-electron chi connectivity index (χ1n) is 7.15. The van der Waals surface area contributed by atoms with Gasteiger partial charge in [-0.05, 0) is 32.0 Å². The van der Waals surface area contributed by atoms with E-state index in [0.29, 0.717) is 24.3 Å². The van der Waals surface area contributed by atoms with Gasteiger partial charge in [0.1, 0.15) is 13.2 Å². The highest BCUT2D eigenvalue weighted by Gasteiger charge is 2.37. The molecule has 3 rings (SSSR count). The Hall–Kier alpha value is -2.30. The molecule has 0 spiro atoms. The molecule has 1 aliphatic carbocycles. The number of benzene rings is 1. The van der Waals surface area contributed by atoms with Crippen LogP contribution in [0.15, 0.2) is 29.7 Å². The number of fused-ring (bicyclic) bond motifs is 1. The van der Waals surface area contributed by atoms with Gasteiger partial charge in [-0.3, -0.25) is 9.59 Å². The van der Waals surface area contributed by atoms with E-state index in [1.54, 1.807) is 12.1 Å². The van der Waals surface area contributed by atoms with Gasteiger partial charge in [-0.1, -0.05) is 0 Å². The van der Waals surface area contributed by atoms with Crippen LogP contribution in [0.4, 0.5) is 5.69 Å². The Kier molecular flexibility index (Phi) is 3.41. The van der Waals surface area contributed by atoms with Crippen molar-refractivity contribution in [3.8, 4) is 0 Å². The van der Waals surface area contributed by atoms with E-state index in [1.807, 2.05) is 6.07 Å². The normalized spacial score (nSPS) is 16.9. The minimum atomic E-state index is -0.273. The van der Waals surface area contributed by atoms with Crippen molar-refractivity contribution in [2.75, 3.05) is 31.2 Å². The number of carbonyl (C=O) groups excluding carboxylic acids is 2. The lowest BCUT2D eigenvalue weighted by atomic mass is 9.91. The molecule has 5 heteroatoms. The highest BCUT2D eigenvalue weighted by atomic mass is 16.6. The van der Waals surface area contributed by atoms with Gasteiger partial charge in [-0.15, -0.1) is 0 Å². The van der Waals surface area contributed by atoms with E-state index >= 15 is 0 Å². The highest BCUT2D eigenvalue weighted by molar-refractivity contribution is 6.25. The molecular formula is C16H17NO4. The van der Waals surface area contributed by atoms with Crippen LogP contribution in [0.25, 0.3) is 0 Å². The van der Waals surface area contributed by atoms with E-state index in [4.69, 9.17) is 9.47 Å². The van der Waals surface area contributed by atoms with Gasteiger partial charge in [-0.2, -0.15) is 0 Å². The first-order valence-corrected chi connectivity index (χ1v) is 7.15. The second-order valence-electron chi connectivity index (χ2n) is 4.92. The Bertz CT molecular complexity index is 644. The highest BCUT2D eigenvalue weighted by Crippen LogP contribution is 2.32. The van der Waals surface area contributed by atoms with Crippen molar-refractivity contribution >= 4 is 17.3 Å². The van der Waals surface area contributed by atoms with E-state index in [2.05, 4.69) is 18.7 Å². The van der Waals surface area contributed by atoms with E-state index in [0.717, 1.165) is 18.8 Å². The third kappa shape index (κ3) is 2.09. The summed E-state index contributed by atoms with van der Waals surface area (Å²) in [6, 6.07) is 5.33. The van der Waals surface area contributed by atoms with E-state index in [-0.39, 0.29) is 23.1 Å². The van der Waals surface area contributed by atoms with Crippen LogP contribution >= 0.6 is 0 Å². The predicted molar refractivity (Wildman–Crippen MR) is 77.6 cm³/mol. The summed E-state index contributed by atoms with van der Waals surface area (Å²) in [5, 5.41) is 0. The largest absolute Gasteiger partial charge is 0.483 e. The minimum Gasteiger partial charge on any atom is -0.483 e. The number of anilines is 1. The quantitative estimate of drug-likeness (QED) is 0.852. The summed E-state index contributed by atoms with van der Waals surface area (Å²) < 4.78 is 10.7. The molecule has 0 saturated heterocycles. The van der Waals surface area contributed by atoms with E-state index in [1.165, 1.54) is 0 Å². The number of allylic oxidation sites excluding steroid dienone is 2. The Balaban J connectivity index is 2.08. The molecule has 21 heavy (non-hydrogen) atoms. The van der Waals surface area contributed by atoms with Crippen molar-refractivity contribution in [1.82, 2.24) is 0 Å². The van der Waals surface area contributed by atoms with Gasteiger partial charge in [0.25, 0.3) is 0 Å². The summed E-state index contributed by atoms with van der Waals surface area (Å²) in [6.45, 7) is 6.37. The molecule has 0 aromatic heterocycles. The average Bonchev–Trinajstić information content (AvgIpc) is 2.54. The van der Waals surface area contributed by atoms with Crippen LogP contribution in [0.3, 0.4) is 0 Å². The van der Waals surface area contributed by atoms with Gasteiger partial charge in [0.05, 0.1) is 0 Å². The molecule has 0 amide bonds. The van der Waals surface area contributed by atoms with Crippen molar-refractivity contribution in [3.63, 3.8) is 0 Å². The van der Waals surface area contributed by atoms with Gasteiger partial charge >= 0.3 is 0 Å². The van der Waals surface area contributed by atoms with Crippen molar-refractivity contribution in [2.24, 2.45) is 0 Å². The predicted octanol–water partition coefficient (Wildman–Crippen LogP) is 2.17. The molecule has 0 N–H and O–H groups in total. The molecule has 0 saturated carbocycles. The molecule has 0 unspecified atom stereocenters. The maximum absolute atomic E-state index is 12.5. The zero-order valence-electron chi connectivity index (χ0n) is 12.1. The molecule has 1 aromatic rings. The summed E-state index contributed by atoms with van der Waals surface area (Å²) >= 11 is 0. The third-order valence-electron chi connectivity index (χ3n) is 3.82. The van der Waals surface area contributed by atoms with Crippen LogP contribution < -0.4 is 4.90 Å². The second kappa shape index (κ2) is 5.24. The number of hydrogen-bond acceptors (Lipinski definition) is 5. The molecule has 1 heterocycles. The van der Waals surface area contributed by atoms with Crippen LogP contribution in [0.1, 0.15) is 34.6 Å². The number of rotatable bonds is 3. The molecule has 1 aromatic carbocycles. The summed E-state index contributed by atoms with van der Waals surface area (Å²) in [6.07, 6.45) is 0. The number of hydrogen-bond donors (Lipinski definition) is 0. The SMILES string of the molecule is CCN(CC)c1ccc2c(c1)C(=O)C1=C(OCCO1)C2=O. The maximum atomic E-state index is 12.5. The Labute approximate surface area is 123 Å². The zero-order valence-corrected chi connectivity index (χ0v) is 12.1. The summed E-state index contributed by atoms with van der Waals surface area (Å²) in [5.41, 5.74) is 1.72. The van der Waals surface area contributed by atoms with E-state index in [9.17, 15) is 9.59 Å². The van der Waals surface area contributed by atoms with Crippen molar-refractivity contribution in [1.29, 1.82) is 0 Å². The minimum absolute atomic E-state index is 0.0503. The fourth-order valence-electron chi connectivity index (χ4n) is 2.70. The van der Waals surface area contributed by atoms with Gasteiger partial charge < -0.3 is 14.4 Å². The number of Topliss-reactive ketones (excluding diaryl/α,β-unsaturated/α-hetero) is 2. The van der Waals surface area contributed by atoms with Gasteiger partial charge in [0, 0.05) is 29.9 Å². The Morgan fingerprint density at radius 2 is 1.52 bits per heavy atom. The third-order valence-corrected chi connectivity index (χ3v) is 3.82. The van der Waals surface area contributed by atoms with E-state index < -0.39 is 0 Å². The lowest BCUT2D eigenvalue weighted by molar-refractivity contribution is 0.0437. The monoisotopic (exact) mass is 287 g/mol. The van der Waals surface area contributed by atoms with Crippen LogP contribution in [0, 0.1) is 0 Å². The van der Waals surface area contributed by atoms with Gasteiger partial charge in [0.2, 0.25) is 23.1 Å². The van der Waals surface area contributed by atoms with Crippen molar-refractivity contribution < 1.29 is 19.1 Å². The fourth-order valence-corrected chi connectivity index (χ4v) is 2.70. The molecule has 0 fully saturated rings. The van der Waals surface area contributed by atoms with Crippen molar-refractivity contribution in [3.05, 3.63) is 40.8 Å². The van der Waals surface area contributed by atoms with Crippen LogP contribution in [-0.4, -0.2) is 37.9 Å². The lowest BCUT2D eigenvalue weighted by Crippen LogP contribution is -2.30. The molecule has 0 bridgehead atoms. The zero-order chi connectivity index (χ0) is 15.0. The Morgan fingerprint density at radius 1 is 0.952 bits per heavy atom. The molecule has 1 aliphatic heterocycles. The topological polar surface area (TPSA) is 55.8 Å². The van der Waals surface area contributed by atoms with Gasteiger partial charge in [0.15, 0.2) is 0 Å². The summed E-state index contributed by atoms with van der Waals surface area (Å²) in [5.74, 6) is -0.441. The number of ether oxygens (including phenoxy) is 2. The first-order chi connectivity index (χ1) is 10.2. The summed E-state index contributed by atoms with van der Waals surface area (Å²) in [7, 11) is 0. The lowest BCUT2D eigenvalue weighted by Gasteiger charge is -2.27. The number of nitrogens with zero attached hydrogens (tertiary/aromatic N) is 1. The average molecular weight is 287 g/mol. The first kappa shape index (κ1) is 13.7. The van der Waals surface area contributed by atoms with Crippen LogP contribution in [-0.2, 0) is 9.47 Å². The fraction of sp³-hybridized carbons (Fsp3) is 0.375. The van der Waals surface area contributed by atoms with Crippen molar-refractivity contribution in [2.45, 2.75) is 13.8 Å². The van der Waals surface area contributed by atoms with Crippen LogP contribution in [0.2, 0.25) is 0 Å². The molecule has 110 valence electrons. The molecule has 2 aliphatic rings. The van der Waals surface area contributed by atoms with Crippen LogP contribution in [0.5, 0.6) is 0 Å².